The van der Waals surface area contributed by atoms with Gasteiger partial charge in [-0.25, -0.2) is 18.4 Å². The van der Waals surface area contributed by atoms with E-state index in [-0.39, 0.29) is 16.7 Å². The van der Waals surface area contributed by atoms with Crippen molar-refractivity contribution in [1.29, 1.82) is 0 Å². The molecule has 0 bridgehead atoms. The fourth-order valence-electron chi connectivity index (χ4n) is 5.20. The molecule has 2 aromatic rings. The van der Waals surface area contributed by atoms with Crippen LogP contribution in [0, 0.1) is 24.7 Å². The second kappa shape index (κ2) is 7.94. The van der Waals surface area contributed by atoms with Gasteiger partial charge < -0.3 is 4.90 Å². The summed E-state index contributed by atoms with van der Waals surface area (Å²) < 4.78 is 27.9. The molecule has 9 heteroatoms. The number of aromatic nitrogens is 3. The van der Waals surface area contributed by atoms with Crippen molar-refractivity contribution in [2.24, 2.45) is 17.8 Å². The minimum atomic E-state index is -3.71. The molecular weight excluding hydrogens is 414 g/mol. The summed E-state index contributed by atoms with van der Waals surface area (Å²) in [5, 5.41) is 0. The number of pyridine rings is 1. The Balaban J connectivity index is 1.26. The summed E-state index contributed by atoms with van der Waals surface area (Å²) in [5.41, 5.74) is 1.15. The van der Waals surface area contributed by atoms with Gasteiger partial charge in [-0.05, 0) is 43.7 Å². The van der Waals surface area contributed by atoms with Crippen molar-refractivity contribution in [3.05, 3.63) is 36.4 Å². The third kappa shape index (κ3) is 3.74. The SMILES string of the molecule is Cc1nc(-c2cccnc2)ncc1S(=O)(=O)N1CCN(C(=O)C2[C@@H]3CCCC[C@@H]23)CC1. The van der Waals surface area contributed by atoms with Crippen LogP contribution in [0.25, 0.3) is 11.4 Å². The van der Waals surface area contributed by atoms with Crippen molar-refractivity contribution in [3.8, 4) is 11.4 Å². The Morgan fingerprint density at radius 1 is 1.06 bits per heavy atom. The standard InChI is InChI=1S/C22H27N5O3S/c1-15-19(14-24-21(25-15)16-5-4-8-23-13-16)31(29,30)27-11-9-26(10-12-27)22(28)20-17-6-2-3-7-18(17)20/h4-5,8,13-14,17-18,20H,2-3,6-7,9-12H2,1H3/t17-,18-/m1/s1. The van der Waals surface area contributed by atoms with Crippen LogP contribution in [0.4, 0.5) is 0 Å². The van der Waals surface area contributed by atoms with Gasteiger partial charge in [0.1, 0.15) is 4.90 Å². The first-order chi connectivity index (χ1) is 15.0. The summed E-state index contributed by atoms with van der Waals surface area (Å²) in [6, 6.07) is 3.62. The average molecular weight is 442 g/mol. The maximum atomic E-state index is 13.2. The molecule has 3 aliphatic rings. The van der Waals surface area contributed by atoms with Crippen LogP contribution >= 0.6 is 0 Å². The summed E-state index contributed by atoms with van der Waals surface area (Å²) in [5.74, 6) is 2.00. The lowest BCUT2D eigenvalue weighted by Crippen LogP contribution is -2.51. The maximum absolute atomic E-state index is 13.2. The molecule has 3 fully saturated rings. The number of carbonyl (C=O) groups is 1. The summed E-state index contributed by atoms with van der Waals surface area (Å²) in [6.07, 6.45) is 9.50. The number of rotatable bonds is 4. The number of nitrogens with zero attached hydrogens (tertiary/aromatic N) is 5. The summed E-state index contributed by atoms with van der Waals surface area (Å²) in [6.45, 7) is 3.19. The normalized spacial score (nSPS) is 26.4. The van der Waals surface area contributed by atoms with Gasteiger partial charge in [-0.3, -0.25) is 9.78 Å². The second-order valence-electron chi connectivity index (χ2n) is 8.75. The van der Waals surface area contributed by atoms with Crippen LogP contribution in [0.15, 0.2) is 35.6 Å². The number of sulfonamides is 1. The van der Waals surface area contributed by atoms with Crippen molar-refractivity contribution in [1.82, 2.24) is 24.2 Å². The molecular formula is C22H27N5O3S. The highest BCUT2D eigenvalue weighted by atomic mass is 32.2. The molecule has 0 spiro atoms. The van der Waals surface area contributed by atoms with E-state index in [0.717, 1.165) is 5.56 Å². The van der Waals surface area contributed by atoms with Gasteiger partial charge in [0.05, 0.1) is 11.9 Å². The van der Waals surface area contributed by atoms with Crippen molar-refractivity contribution in [2.75, 3.05) is 26.2 Å². The molecule has 1 aliphatic heterocycles. The fourth-order valence-corrected chi connectivity index (χ4v) is 6.73. The van der Waals surface area contributed by atoms with Crippen molar-refractivity contribution >= 4 is 15.9 Å². The third-order valence-corrected chi connectivity index (χ3v) is 8.97. The van der Waals surface area contributed by atoms with Gasteiger partial charge >= 0.3 is 0 Å². The zero-order valence-corrected chi connectivity index (χ0v) is 18.5. The molecule has 2 atom stereocenters. The van der Waals surface area contributed by atoms with Gasteiger partial charge in [-0.2, -0.15) is 4.31 Å². The predicted octanol–water partition coefficient (Wildman–Crippen LogP) is 2.12. The Hall–Kier alpha value is -2.39. The lowest BCUT2D eigenvalue weighted by atomic mass is 10.0. The monoisotopic (exact) mass is 441 g/mol. The van der Waals surface area contributed by atoms with Crippen molar-refractivity contribution in [3.63, 3.8) is 0 Å². The number of piperazine rings is 1. The number of hydrogen-bond donors (Lipinski definition) is 0. The van der Waals surface area contributed by atoms with E-state index >= 15 is 0 Å². The summed E-state index contributed by atoms with van der Waals surface area (Å²) in [4.78, 5) is 27.6. The van der Waals surface area contributed by atoms with E-state index in [1.165, 1.54) is 36.2 Å². The molecule has 0 unspecified atom stereocenters. The molecule has 164 valence electrons. The molecule has 0 radical (unpaired) electrons. The van der Waals surface area contributed by atoms with Crippen LogP contribution in [-0.2, 0) is 14.8 Å². The van der Waals surface area contributed by atoms with E-state index in [2.05, 4.69) is 15.0 Å². The van der Waals surface area contributed by atoms with Crippen LogP contribution in [0.1, 0.15) is 31.4 Å². The average Bonchev–Trinajstić information content (AvgIpc) is 3.53. The van der Waals surface area contributed by atoms with Crippen molar-refractivity contribution < 1.29 is 13.2 Å². The molecule has 0 N–H and O–H groups in total. The molecule has 0 aromatic carbocycles. The van der Waals surface area contributed by atoms with Gasteiger partial charge in [0.25, 0.3) is 0 Å². The quantitative estimate of drug-likeness (QED) is 0.721. The number of carbonyl (C=O) groups excluding carboxylic acids is 1. The smallest absolute Gasteiger partial charge is 0.246 e. The van der Waals surface area contributed by atoms with Crippen LogP contribution in [0.5, 0.6) is 0 Å². The Morgan fingerprint density at radius 2 is 1.77 bits per heavy atom. The van der Waals surface area contributed by atoms with E-state index < -0.39 is 10.0 Å². The molecule has 2 aliphatic carbocycles. The topological polar surface area (TPSA) is 96.4 Å². The van der Waals surface area contributed by atoms with E-state index in [1.54, 1.807) is 25.4 Å². The number of amides is 1. The van der Waals surface area contributed by atoms with E-state index in [4.69, 9.17) is 0 Å². The lowest BCUT2D eigenvalue weighted by Gasteiger charge is -2.34. The van der Waals surface area contributed by atoms with Crippen LogP contribution in [0.2, 0.25) is 0 Å². The van der Waals surface area contributed by atoms with Crippen LogP contribution in [0.3, 0.4) is 0 Å². The molecule has 1 amide bonds. The molecule has 2 saturated carbocycles. The largest absolute Gasteiger partial charge is 0.340 e. The first-order valence-corrected chi connectivity index (χ1v) is 12.4. The molecule has 1 saturated heterocycles. The highest BCUT2D eigenvalue weighted by Crippen LogP contribution is 2.56. The first kappa shape index (κ1) is 20.5. The summed E-state index contributed by atoms with van der Waals surface area (Å²) >= 11 is 0. The van der Waals surface area contributed by atoms with Gasteiger partial charge in [-0.1, -0.05) is 12.8 Å². The van der Waals surface area contributed by atoms with Crippen molar-refractivity contribution in [2.45, 2.75) is 37.5 Å². The second-order valence-corrected chi connectivity index (χ2v) is 10.7. The van der Waals surface area contributed by atoms with Crippen LogP contribution in [-0.4, -0.2) is 64.7 Å². The molecule has 2 aromatic heterocycles. The molecule has 5 rings (SSSR count). The predicted molar refractivity (Wildman–Crippen MR) is 114 cm³/mol. The third-order valence-electron chi connectivity index (χ3n) is 6.96. The van der Waals surface area contributed by atoms with Gasteiger partial charge in [0.15, 0.2) is 5.82 Å². The highest BCUT2D eigenvalue weighted by Gasteiger charge is 2.56. The van der Waals surface area contributed by atoms with E-state index in [1.807, 2.05) is 11.0 Å². The Labute approximate surface area is 182 Å². The lowest BCUT2D eigenvalue weighted by molar-refractivity contribution is -0.134. The van der Waals surface area contributed by atoms with E-state index in [9.17, 15) is 13.2 Å². The Kier molecular flexibility index (Phi) is 5.26. The Morgan fingerprint density at radius 3 is 2.39 bits per heavy atom. The molecule has 3 heterocycles. The maximum Gasteiger partial charge on any atom is 0.246 e. The van der Waals surface area contributed by atoms with E-state index in [0.29, 0.717) is 49.5 Å². The fraction of sp³-hybridized carbons (Fsp3) is 0.545. The number of hydrogen-bond acceptors (Lipinski definition) is 6. The van der Waals surface area contributed by atoms with Crippen LogP contribution < -0.4 is 0 Å². The van der Waals surface area contributed by atoms with Gasteiger partial charge in [0.2, 0.25) is 15.9 Å². The van der Waals surface area contributed by atoms with Gasteiger partial charge in [-0.15, -0.1) is 0 Å². The molecule has 31 heavy (non-hydrogen) atoms. The molecule has 8 nitrogen and oxygen atoms in total. The first-order valence-electron chi connectivity index (χ1n) is 11.0. The number of fused-ring (bicyclic) bond motifs is 1. The minimum absolute atomic E-state index is 0.119. The van der Waals surface area contributed by atoms with Gasteiger partial charge in [0, 0.05) is 50.1 Å². The number of aryl methyl sites for hydroxylation is 1. The zero-order chi connectivity index (χ0) is 21.6. The summed E-state index contributed by atoms with van der Waals surface area (Å²) in [7, 11) is -3.71. The minimum Gasteiger partial charge on any atom is -0.340 e. The zero-order valence-electron chi connectivity index (χ0n) is 17.6. The highest BCUT2D eigenvalue weighted by molar-refractivity contribution is 7.89. The Bertz CT molecular complexity index is 1070.